The summed E-state index contributed by atoms with van der Waals surface area (Å²) in [6.07, 6.45) is 3.02. The Morgan fingerprint density at radius 2 is 1.96 bits per heavy atom. The van der Waals surface area contributed by atoms with E-state index in [9.17, 15) is 23.2 Å². The van der Waals surface area contributed by atoms with Gasteiger partial charge in [-0.2, -0.15) is 28.4 Å². The van der Waals surface area contributed by atoms with Gasteiger partial charge in [0.15, 0.2) is 0 Å². The highest BCUT2D eigenvalue weighted by molar-refractivity contribution is 5.87. The van der Waals surface area contributed by atoms with Gasteiger partial charge in [0, 0.05) is 48.9 Å². The number of amides is 1. The number of ether oxygens (including phenoxy) is 1. The second-order valence-corrected chi connectivity index (χ2v) is 12.8. The fourth-order valence-electron chi connectivity index (χ4n) is 7.74. The third kappa shape index (κ3) is 6.07. The number of nitriles is 1. The molecule has 3 aliphatic heterocycles. The van der Waals surface area contributed by atoms with Crippen LogP contribution in [0, 0.1) is 16.7 Å². The minimum atomic E-state index is -4.48. The van der Waals surface area contributed by atoms with Crippen LogP contribution in [-0.2, 0) is 23.9 Å². The average molecular weight is 624 g/mol. The number of anilines is 2. The summed E-state index contributed by atoms with van der Waals surface area (Å²) < 4.78 is 48.3. The van der Waals surface area contributed by atoms with E-state index in [1.807, 2.05) is 0 Å². The summed E-state index contributed by atoms with van der Waals surface area (Å²) in [6, 6.07) is 8.17. The first-order valence-electron chi connectivity index (χ1n) is 15.8. The van der Waals surface area contributed by atoms with E-state index in [4.69, 9.17) is 14.7 Å². The van der Waals surface area contributed by atoms with E-state index in [2.05, 4.69) is 29.5 Å². The minimum Gasteiger partial charge on any atom is -0.463 e. The van der Waals surface area contributed by atoms with Crippen molar-refractivity contribution in [3.05, 3.63) is 53.7 Å². The molecule has 9 nitrogen and oxygen atoms in total. The smallest absolute Gasteiger partial charge is 0.418 e. The van der Waals surface area contributed by atoms with E-state index in [1.165, 1.54) is 24.6 Å². The molecule has 0 spiro atoms. The molecule has 1 aromatic heterocycles. The second-order valence-electron chi connectivity index (χ2n) is 12.8. The lowest BCUT2D eigenvalue weighted by Gasteiger charge is -2.48. The topological polar surface area (TPSA) is 88.8 Å². The molecule has 2 aromatic rings. The number of carbonyl (C=O) groups is 1. The Balaban J connectivity index is 1.33. The molecule has 240 valence electrons. The van der Waals surface area contributed by atoms with E-state index >= 15 is 0 Å². The van der Waals surface area contributed by atoms with Crippen LogP contribution in [0.3, 0.4) is 0 Å². The number of fused-ring (bicyclic) bond motifs is 1. The van der Waals surface area contributed by atoms with Gasteiger partial charge in [0.05, 0.1) is 42.9 Å². The summed E-state index contributed by atoms with van der Waals surface area (Å²) in [5.74, 6) is 0.457. The van der Waals surface area contributed by atoms with E-state index in [1.54, 1.807) is 15.9 Å². The van der Waals surface area contributed by atoms with Crippen LogP contribution in [0.5, 0.6) is 6.01 Å². The van der Waals surface area contributed by atoms with Gasteiger partial charge < -0.3 is 24.3 Å². The maximum Gasteiger partial charge on any atom is 0.418 e. The quantitative estimate of drug-likeness (QED) is 0.387. The SMILES string of the molecule is C=CC(=O)N1CCN(c2nc(OCC3(C4CCCN4C)CCC3)nc3c2CCN(c2ccccc2C(F)(F)F)C3)C[C@@H]1CC#N. The van der Waals surface area contributed by atoms with Gasteiger partial charge in [-0.15, -0.1) is 0 Å². The van der Waals surface area contributed by atoms with Gasteiger partial charge >= 0.3 is 12.2 Å². The van der Waals surface area contributed by atoms with Crippen LogP contribution >= 0.6 is 0 Å². The Bertz CT molecular complexity index is 1470. The first-order chi connectivity index (χ1) is 21.6. The number of benzene rings is 1. The van der Waals surface area contributed by atoms with E-state index in [-0.39, 0.29) is 42.0 Å². The standard InChI is InChI=1S/C33H40F3N7O2/c1-3-29(44)43-19-18-42(20-23(43)11-15-37)30-24-12-17-41(27-9-5-4-8-25(27)33(34,35)36)21-26(24)38-31(39-30)45-22-32(13-7-14-32)28-10-6-16-40(28)2/h3-5,8-9,23,28H,1,6-7,10-14,16-22H2,2H3/t23-,28?/m0/s1. The van der Waals surface area contributed by atoms with Gasteiger partial charge in [-0.25, -0.2) is 0 Å². The number of nitrogens with zero attached hydrogens (tertiary/aromatic N) is 7. The van der Waals surface area contributed by atoms with Crippen molar-refractivity contribution in [2.45, 2.75) is 69.8 Å². The van der Waals surface area contributed by atoms with E-state index in [0.717, 1.165) is 43.9 Å². The highest BCUT2D eigenvalue weighted by atomic mass is 19.4. The number of halogens is 3. The molecule has 4 aliphatic rings. The van der Waals surface area contributed by atoms with Crippen LogP contribution in [0.4, 0.5) is 24.7 Å². The predicted molar refractivity (Wildman–Crippen MR) is 164 cm³/mol. The van der Waals surface area contributed by atoms with Gasteiger partial charge in [-0.1, -0.05) is 25.1 Å². The molecule has 6 rings (SSSR count). The third-order valence-corrected chi connectivity index (χ3v) is 10.2. The number of rotatable bonds is 8. The zero-order chi connectivity index (χ0) is 31.8. The van der Waals surface area contributed by atoms with Gasteiger partial charge in [0.1, 0.15) is 5.82 Å². The fourth-order valence-corrected chi connectivity index (χ4v) is 7.74. The summed E-state index contributed by atoms with van der Waals surface area (Å²) in [6.45, 7) is 7.00. The number of hydrogen-bond donors (Lipinski definition) is 0. The summed E-state index contributed by atoms with van der Waals surface area (Å²) in [5, 5.41) is 9.52. The van der Waals surface area contributed by atoms with Crippen molar-refractivity contribution < 1.29 is 22.7 Å². The number of alkyl halides is 3. The molecular formula is C33H40F3N7O2. The summed E-state index contributed by atoms with van der Waals surface area (Å²) >= 11 is 0. The molecule has 0 N–H and O–H groups in total. The monoisotopic (exact) mass is 623 g/mol. The molecule has 2 atom stereocenters. The summed E-state index contributed by atoms with van der Waals surface area (Å²) in [7, 11) is 2.17. The van der Waals surface area contributed by atoms with Crippen molar-refractivity contribution in [1.82, 2.24) is 19.8 Å². The Morgan fingerprint density at radius 3 is 2.62 bits per heavy atom. The highest BCUT2D eigenvalue weighted by Gasteiger charge is 2.48. The lowest BCUT2D eigenvalue weighted by atomic mass is 9.64. The van der Waals surface area contributed by atoms with Crippen LogP contribution in [0.15, 0.2) is 36.9 Å². The number of aromatic nitrogens is 2. The maximum absolute atomic E-state index is 14.0. The molecule has 1 aliphatic carbocycles. The zero-order valence-electron chi connectivity index (χ0n) is 25.7. The van der Waals surface area contributed by atoms with Crippen molar-refractivity contribution in [2.24, 2.45) is 5.41 Å². The average Bonchev–Trinajstić information content (AvgIpc) is 3.45. The van der Waals surface area contributed by atoms with Crippen LogP contribution in [0.25, 0.3) is 0 Å². The van der Waals surface area contributed by atoms with Crippen LogP contribution in [0.1, 0.15) is 55.3 Å². The number of likely N-dealkylation sites (tertiary alicyclic amines) is 1. The van der Waals surface area contributed by atoms with Crippen LogP contribution in [0.2, 0.25) is 0 Å². The zero-order valence-corrected chi connectivity index (χ0v) is 25.7. The minimum absolute atomic E-state index is 0.0386. The summed E-state index contributed by atoms with van der Waals surface area (Å²) in [5.41, 5.74) is 1.00. The number of para-hydroxylation sites is 1. The molecule has 1 amide bonds. The fraction of sp³-hybridized carbons (Fsp3) is 0.576. The molecule has 3 fully saturated rings. The molecule has 1 unspecified atom stereocenters. The molecule has 0 radical (unpaired) electrons. The van der Waals surface area contributed by atoms with Crippen molar-refractivity contribution >= 4 is 17.4 Å². The highest BCUT2D eigenvalue weighted by Crippen LogP contribution is 2.49. The Labute approximate surface area is 262 Å². The van der Waals surface area contributed by atoms with Crippen molar-refractivity contribution in [2.75, 3.05) is 56.2 Å². The summed E-state index contributed by atoms with van der Waals surface area (Å²) in [4.78, 5) is 30.2. The maximum atomic E-state index is 14.0. The normalized spacial score (nSPS) is 23.2. The van der Waals surface area contributed by atoms with Crippen molar-refractivity contribution in [1.29, 1.82) is 5.26 Å². The first kappa shape index (κ1) is 31.1. The van der Waals surface area contributed by atoms with E-state index < -0.39 is 11.7 Å². The molecule has 1 saturated carbocycles. The molecule has 2 saturated heterocycles. The van der Waals surface area contributed by atoms with Crippen LogP contribution < -0.4 is 14.5 Å². The molecule has 4 heterocycles. The van der Waals surface area contributed by atoms with Gasteiger partial charge in [0.25, 0.3) is 0 Å². The largest absolute Gasteiger partial charge is 0.463 e. The molecule has 0 bridgehead atoms. The lowest BCUT2D eigenvalue weighted by Crippen LogP contribution is -2.55. The Morgan fingerprint density at radius 1 is 1.16 bits per heavy atom. The van der Waals surface area contributed by atoms with Crippen molar-refractivity contribution in [3.63, 3.8) is 0 Å². The van der Waals surface area contributed by atoms with Gasteiger partial charge in [-0.05, 0) is 63.9 Å². The third-order valence-electron chi connectivity index (χ3n) is 10.2. The Kier molecular flexibility index (Phi) is 8.66. The molecule has 1 aromatic carbocycles. The lowest BCUT2D eigenvalue weighted by molar-refractivity contribution is -0.137. The van der Waals surface area contributed by atoms with Gasteiger partial charge in [0.2, 0.25) is 5.91 Å². The van der Waals surface area contributed by atoms with E-state index in [0.29, 0.717) is 56.8 Å². The molecular weight excluding hydrogens is 583 g/mol. The van der Waals surface area contributed by atoms with Gasteiger partial charge in [-0.3, -0.25) is 4.79 Å². The second kappa shape index (κ2) is 12.5. The van der Waals surface area contributed by atoms with Crippen molar-refractivity contribution in [3.8, 4) is 12.1 Å². The molecule has 12 heteroatoms. The number of carbonyl (C=O) groups excluding carboxylic acids is 1. The molecule has 45 heavy (non-hydrogen) atoms. The Hall–Kier alpha value is -3.85. The first-order valence-corrected chi connectivity index (χ1v) is 15.8. The van der Waals surface area contributed by atoms with Crippen LogP contribution in [-0.4, -0.2) is 84.1 Å². The predicted octanol–water partition coefficient (Wildman–Crippen LogP) is 4.82. The number of piperazine rings is 1. The number of hydrogen-bond acceptors (Lipinski definition) is 8.